The van der Waals surface area contributed by atoms with E-state index in [9.17, 15) is 4.79 Å². The van der Waals surface area contributed by atoms with E-state index in [1.807, 2.05) is 20.8 Å². The van der Waals surface area contributed by atoms with Gasteiger partial charge in [-0.15, -0.1) is 0 Å². The highest BCUT2D eigenvalue weighted by Crippen LogP contribution is 2.39. The summed E-state index contributed by atoms with van der Waals surface area (Å²) in [6, 6.07) is 3.50. The first-order chi connectivity index (χ1) is 9.53. The number of ether oxygens (including phenoxy) is 2. The summed E-state index contributed by atoms with van der Waals surface area (Å²) in [5.74, 6) is 0.256. The van der Waals surface area contributed by atoms with E-state index in [0.717, 1.165) is 5.56 Å². The van der Waals surface area contributed by atoms with Gasteiger partial charge in [-0.05, 0) is 37.8 Å². The summed E-state index contributed by atoms with van der Waals surface area (Å²) < 4.78 is 11.1. The minimum Gasteiger partial charge on any atom is -0.493 e. The molecule has 0 amide bonds. The van der Waals surface area contributed by atoms with Gasteiger partial charge in [0.1, 0.15) is 11.5 Å². The maximum Gasteiger partial charge on any atom is 0.303 e. The van der Waals surface area contributed by atoms with Gasteiger partial charge >= 0.3 is 5.97 Å². The van der Waals surface area contributed by atoms with E-state index in [1.165, 1.54) is 0 Å². The molecule has 0 aliphatic heterocycles. The van der Waals surface area contributed by atoms with Crippen LogP contribution in [-0.2, 0) is 4.79 Å². The normalized spacial score (nSPS) is 12.0. The molecule has 112 valence electrons. The Morgan fingerprint density at radius 2 is 1.80 bits per heavy atom. The summed E-state index contributed by atoms with van der Waals surface area (Å²) in [5, 5.41) is 9.49. The van der Waals surface area contributed by atoms with Crippen LogP contribution >= 0.6 is 11.6 Å². The van der Waals surface area contributed by atoms with Crippen molar-refractivity contribution in [2.75, 3.05) is 13.2 Å². The Morgan fingerprint density at radius 3 is 2.30 bits per heavy atom. The van der Waals surface area contributed by atoms with E-state index in [-0.39, 0.29) is 12.3 Å². The molecule has 0 aromatic heterocycles. The molecule has 0 radical (unpaired) electrons. The largest absolute Gasteiger partial charge is 0.493 e. The summed E-state index contributed by atoms with van der Waals surface area (Å²) in [6.45, 7) is 6.73. The number of halogens is 1. The predicted molar refractivity (Wildman–Crippen MR) is 79.1 cm³/mol. The zero-order chi connectivity index (χ0) is 15.1. The van der Waals surface area contributed by atoms with Crippen LogP contribution in [0, 0.1) is 0 Å². The molecule has 1 aromatic rings. The fourth-order valence-corrected chi connectivity index (χ4v) is 2.33. The van der Waals surface area contributed by atoms with Crippen LogP contribution in [0.2, 0.25) is 5.02 Å². The molecule has 0 bridgehead atoms. The summed E-state index contributed by atoms with van der Waals surface area (Å²) in [4.78, 5) is 11.0. The summed E-state index contributed by atoms with van der Waals surface area (Å²) in [5.41, 5.74) is 0.824. The quantitative estimate of drug-likeness (QED) is 0.785. The second kappa shape index (κ2) is 8.00. The fourth-order valence-electron chi connectivity index (χ4n) is 2.10. The van der Waals surface area contributed by atoms with Gasteiger partial charge in [0, 0.05) is 6.07 Å². The predicted octanol–water partition coefficient (Wildman–Crippen LogP) is 4.11. The van der Waals surface area contributed by atoms with Gasteiger partial charge in [0.15, 0.2) is 0 Å². The third-order valence-corrected chi connectivity index (χ3v) is 3.31. The van der Waals surface area contributed by atoms with Crippen molar-refractivity contribution in [2.24, 2.45) is 0 Å². The number of hydrogen-bond donors (Lipinski definition) is 1. The Balaban J connectivity index is 3.20. The van der Waals surface area contributed by atoms with Gasteiger partial charge in [-0.25, -0.2) is 0 Å². The Morgan fingerprint density at radius 1 is 1.20 bits per heavy atom. The van der Waals surface area contributed by atoms with Crippen molar-refractivity contribution >= 4 is 17.6 Å². The maximum absolute atomic E-state index is 11.0. The molecule has 0 aliphatic rings. The van der Waals surface area contributed by atoms with E-state index in [0.29, 0.717) is 36.2 Å². The van der Waals surface area contributed by atoms with Crippen molar-refractivity contribution in [1.29, 1.82) is 0 Å². The van der Waals surface area contributed by atoms with Crippen molar-refractivity contribution in [2.45, 2.75) is 39.5 Å². The number of carboxylic acid groups (broad SMARTS) is 1. The van der Waals surface area contributed by atoms with Gasteiger partial charge in [0.25, 0.3) is 0 Å². The summed E-state index contributed by atoms with van der Waals surface area (Å²) in [6.07, 6.45) is 0.761. The standard InChI is InChI=1S/C15H21ClO4/c1-4-10(7-15(17)18)11-8-12(16)14(20-6-3)9-13(11)19-5-2/h8-10H,4-7H2,1-3H3,(H,17,18). The molecule has 0 saturated heterocycles. The number of aliphatic carboxylic acids is 1. The van der Waals surface area contributed by atoms with Crippen LogP contribution in [0.1, 0.15) is 45.1 Å². The third-order valence-electron chi connectivity index (χ3n) is 3.02. The van der Waals surface area contributed by atoms with Crippen LogP contribution < -0.4 is 9.47 Å². The first-order valence-corrected chi connectivity index (χ1v) is 7.22. The monoisotopic (exact) mass is 300 g/mol. The average molecular weight is 301 g/mol. The molecule has 0 heterocycles. The van der Waals surface area contributed by atoms with Crippen molar-refractivity contribution in [3.05, 3.63) is 22.7 Å². The molecule has 1 rings (SSSR count). The number of hydrogen-bond acceptors (Lipinski definition) is 3. The third kappa shape index (κ3) is 4.30. The highest BCUT2D eigenvalue weighted by atomic mass is 35.5. The Labute approximate surface area is 124 Å². The molecule has 5 heteroatoms. The number of rotatable bonds is 8. The lowest BCUT2D eigenvalue weighted by atomic mass is 9.92. The minimum atomic E-state index is -0.829. The molecular formula is C15H21ClO4. The van der Waals surface area contributed by atoms with Gasteiger partial charge in [-0.1, -0.05) is 18.5 Å². The Bertz CT molecular complexity index is 459. The van der Waals surface area contributed by atoms with Crippen LogP contribution in [0.15, 0.2) is 12.1 Å². The minimum absolute atomic E-state index is 0.0564. The highest BCUT2D eigenvalue weighted by Gasteiger charge is 2.20. The lowest BCUT2D eigenvalue weighted by Crippen LogP contribution is -2.08. The maximum atomic E-state index is 11.0. The van der Waals surface area contributed by atoms with E-state index in [4.69, 9.17) is 26.2 Å². The van der Waals surface area contributed by atoms with Gasteiger partial charge in [-0.3, -0.25) is 4.79 Å². The topological polar surface area (TPSA) is 55.8 Å². The molecular weight excluding hydrogens is 280 g/mol. The first kappa shape index (κ1) is 16.6. The molecule has 1 aromatic carbocycles. The van der Waals surface area contributed by atoms with Crippen molar-refractivity contribution in [1.82, 2.24) is 0 Å². The second-order valence-corrected chi connectivity index (χ2v) is 4.80. The van der Waals surface area contributed by atoms with Crippen LogP contribution in [0.5, 0.6) is 11.5 Å². The molecule has 20 heavy (non-hydrogen) atoms. The molecule has 0 saturated carbocycles. The first-order valence-electron chi connectivity index (χ1n) is 6.84. The second-order valence-electron chi connectivity index (χ2n) is 4.39. The van der Waals surface area contributed by atoms with Gasteiger partial charge < -0.3 is 14.6 Å². The van der Waals surface area contributed by atoms with Crippen molar-refractivity contribution < 1.29 is 19.4 Å². The lowest BCUT2D eigenvalue weighted by Gasteiger charge is -2.19. The molecule has 1 atom stereocenters. The number of carbonyl (C=O) groups is 1. The van der Waals surface area contributed by atoms with Crippen LogP contribution in [0.25, 0.3) is 0 Å². The summed E-state index contributed by atoms with van der Waals surface area (Å²) in [7, 11) is 0. The average Bonchev–Trinajstić information content (AvgIpc) is 2.40. The number of benzene rings is 1. The zero-order valence-corrected chi connectivity index (χ0v) is 12.9. The van der Waals surface area contributed by atoms with E-state index < -0.39 is 5.97 Å². The van der Waals surface area contributed by atoms with Crippen molar-refractivity contribution in [3.8, 4) is 11.5 Å². The van der Waals surface area contributed by atoms with Gasteiger partial charge in [0.05, 0.1) is 24.7 Å². The zero-order valence-electron chi connectivity index (χ0n) is 12.1. The number of carboxylic acids is 1. The smallest absolute Gasteiger partial charge is 0.303 e. The van der Waals surface area contributed by atoms with E-state index in [1.54, 1.807) is 12.1 Å². The van der Waals surface area contributed by atoms with Crippen LogP contribution in [0.4, 0.5) is 0 Å². The fraction of sp³-hybridized carbons (Fsp3) is 0.533. The molecule has 0 fully saturated rings. The highest BCUT2D eigenvalue weighted by molar-refractivity contribution is 6.32. The van der Waals surface area contributed by atoms with Gasteiger partial charge in [-0.2, -0.15) is 0 Å². The van der Waals surface area contributed by atoms with E-state index in [2.05, 4.69) is 0 Å². The Hall–Kier alpha value is -1.42. The van der Waals surface area contributed by atoms with Gasteiger partial charge in [0.2, 0.25) is 0 Å². The molecule has 4 nitrogen and oxygen atoms in total. The lowest BCUT2D eigenvalue weighted by molar-refractivity contribution is -0.137. The molecule has 0 aliphatic carbocycles. The molecule has 1 N–H and O–H groups in total. The van der Waals surface area contributed by atoms with Crippen LogP contribution in [-0.4, -0.2) is 24.3 Å². The molecule has 1 unspecified atom stereocenters. The summed E-state index contributed by atoms with van der Waals surface area (Å²) >= 11 is 6.19. The Kier molecular flexibility index (Phi) is 6.65. The SMILES string of the molecule is CCOc1cc(OCC)c(C(CC)CC(=O)O)cc1Cl. The van der Waals surface area contributed by atoms with E-state index >= 15 is 0 Å². The van der Waals surface area contributed by atoms with Crippen LogP contribution in [0.3, 0.4) is 0 Å². The van der Waals surface area contributed by atoms with Crippen molar-refractivity contribution in [3.63, 3.8) is 0 Å². The molecule has 0 spiro atoms.